The third-order valence-corrected chi connectivity index (χ3v) is 10.2. The summed E-state index contributed by atoms with van der Waals surface area (Å²) in [7, 11) is -2.14. The number of para-hydroxylation sites is 1. The number of hydrogen-bond donors (Lipinski definition) is 2. The number of halogens is 3. The summed E-state index contributed by atoms with van der Waals surface area (Å²) in [6.07, 6.45) is 1.94. The lowest BCUT2D eigenvalue weighted by molar-refractivity contribution is 0.199. The summed E-state index contributed by atoms with van der Waals surface area (Å²) in [5.74, 6) is 1.24. The SMILES string of the molecule is COCCc1nc2c(N)nc3ccccc3c2n1CCCCNS(=O)(=O)c1c(Cl)sc(Cl)c1Br. The van der Waals surface area contributed by atoms with Gasteiger partial charge in [-0.05, 0) is 34.8 Å². The molecule has 0 aliphatic rings. The summed E-state index contributed by atoms with van der Waals surface area (Å²) in [4.78, 5) is 9.22. The molecular formula is C21H22BrCl2N5O3S2. The molecule has 0 amide bonds. The highest BCUT2D eigenvalue weighted by atomic mass is 79.9. The molecule has 182 valence electrons. The molecule has 0 bridgehead atoms. The molecule has 4 aromatic rings. The number of hydrogen-bond acceptors (Lipinski definition) is 7. The molecule has 0 aliphatic carbocycles. The lowest BCUT2D eigenvalue weighted by Crippen LogP contribution is -2.25. The van der Waals surface area contributed by atoms with Crippen molar-refractivity contribution >= 4 is 88.2 Å². The van der Waals surface area contributed by atoms with Gasteiger partial charge < -0.3 is 15.0 Å². The fourth-order valence-electron chi connectivity index (χ4n) is 3.77. The van der Waals surface area contributed by atoms with Crippen LogP contribution in [0.3, 0.4) is 0 Å². The monoisotopic (exact) mass is 605 g/mol. The molecule has 0 unspecified atom stereocenters. The molecule has 4 rings (SSSR count). The van der Waals surface area contributed by atoms with Crippen LogP contribution in [0.5, 0.6) is 0 Å². The Morgan fingerprint density at radius 1 is 1.21 bits per heavy atom. The summed E-state index contributed by atoms with van der Waals surface area (Å²) in [6.45, 7) is 1.41. The highest BCUT2D eigenvalue weighted by Crippen LogP contribution is 2.42. The van der Waals surface area contributed by atoms with E-state index in [1.165, 1.54) is 0 Å². The zero-order chi connectivity index (χ0) is 24.5. The number of aryl methyl sites for hydroxylation is 1. The maximum absolute atomic E-state index is 12.7. The van der Waals surface area contributed by atoms with Crippen LogP contribution < -0.4 is 10.5 Å². The van der Waals surface area contributed by atoms with E-state index in [9.17, 15) is 8.42 Å². The van der Waals surface area contributed by atoms with Gasteiger partial charge in [-0.3, -0.25) is 0 Å². The molecule has 0 atom stereocenters. The number of methoxy groups -OCH3 is 1. The minimum atomic E-state index is -3.79. The molecule has 0 aliphatic heterocycles. The van der Waals surface area contributed by atoms with Crippen LogP contribution in [-0.2, 0) is 27.7 Å². The molecule has 0 saturated carbocycles. The number of aromatic nitrogens is 3. The van der Waals surface area contributed by atoms with E-state index >= 15 is 0 Å². The summed E-state index contributed by atoms with van der Waals surface area (Å²) >= 11 is 16.3. The molecular weight excluding hydrogens is 585 g/mol. The van der Waals surface area contributed by atoms with Crippen molar-refractivity contribution in [1.29, 1.82) is 0 Å². The second-order valence-corrected chi connectivity index (χ2v) is 12.3. The Hall–Kier alpha value is -1.47. The maximum Gasteiger partial charge on any atom is 0.244 e. The molecule has 3 heterocycles. The van der Waals surface area contributed by atoms with Crippen LogP contribution in [0.1, 0.15) is 18.7 Å². The van der Waals surface area contributed by atoms with Gasteiger partial charge in [0.2, 0.25) is 10.0 Å². The van der Waals surface area contributed by atoms with E-state index in [4.69, 9.17) is 38.7 Å². The van der Waals surface area contributed by atoms with Gasteiger partial charge in [-0.2, -0.15) is 0 Å². The van der Waals surface area contributed by atoms with Crippen molar-refractivity contribution in [2.24, 2.45) is 0 Å². The Bertz CT molecular complexity index is 1460. The lowest BCUT2D eigenvalue weighted by Gasteiger charge is -2.11. The van der Waals surface area contributed by atoms with Crippen LogP contribution in [0, 0.1) is 0 Å². The van der Waals surface area contributed by atoms with E-state index in [0.717, 1.165) is 33.6 Å². The van der Waals surface area contributed by atoms with Crippen molar-refractivity contribution in [2.75, 3.05) is 26.0 Å². The minimum absolute atomic E-state index is 0.0268. The Morgan fingerprint density at radius 2 is 1.97 bits per heavy atom. The molecule has 0 saturated heterocycles. The number of imidazole rings is 1. The van der Waals surface area contributed by atoms with Crippen LogP contribution in [0.15, 0.2) is 33.6 Å². The van der Waals surface area contributed by atoms with Crippen molar-refractivity contribution in [3.8, 4) is 0 Å². The first-order valence-electron chi connectivity index (χ1n) is 10.4. The third-order valence-electron chi connectivity index (χ3n) is 5.32. The third kappa shape index (κ3) is 5.06. The molecule has 0 fully saturated rings. The standard InChI is InChI=1S/C21H22BrCl2N5O3S2/c1-32-11-8-14-28-16-17(12-6-2-3-7-13(12)27-21(16)25)29(14)10-5-4-9-26-34(30,31)18-15(22)19(23)33-20(18)24/h2-3,6-7,26H,4-5,8-11H2,1H3,(H2,25,27). The Kier molecular flexibility index (Phi) is 8.02. The number of pyridine rings is 1. The van der Waals surface area contributed by atoms with Gasteiger partial charge in [-0.15, -0.1) is 11.3 Å². The molecule has 13 heteroatoms. The Labute approximate surface area is 219 Å². The number of nitrogens with zero attached hydrogens (tertiary/aromatic N) is 3. The number of fused-ring (bicyclic) bond motifs is 3. The summed E-state index contributed by atoms with van der Waals surface area (Å²) in [5, 5.41) is 0.970. The number of nitrogens with one attached hydrogen (secondary N) is 1. The number of thiophene rings is 1. The van der Waals surface area contributed by atoms with E-state index in [-0.39, 0.29) is 20.2 Å². The zero-order valence-electron chi connectivity index (χ0n) is 18.1. The fourth-order valence-corrected chi connectivity index (χ4v) is 8.40. The first-order chi connectivity index (χ1) is 16.2. The summed E-state index contributed by atoms with van der Waals surface area (Å²) in [6, 6.07) is 7.81. The van der Waals surface area contributed by atoms with Crippen LogP contribution in [0.4, 0.5) is 5.82 Å². The first-order valence-corrected chi connectivity index (χ1v) is 14.2. The van der Waals surface area contributed by atoms with Gasteiger partial charge >= 0.3 is 0 Å². The largest absolute Gasteiger partial charge is 0.384 e. The topological polar surface area (TPSA) is 112 Å². The molecule has 3 N–H and O–H groups in total. The quantitative estimate of drug-likeness (QED) is 0.239. The second kappa shape index (κ2) is 10.7. The average molecular weight is 607 g/mol. The van der Waals surface area contributed by atoms with E-state index in [0.29, 0.717) is 48.1 Å². The van der Waals surface area contributed by atoms with Crippen molar-refractivity contribution in [2.45, 2.75) is 30.7 Å². The molecule has 34 heavy (non-hydrogen) atoms. The molecule has 0 radical (unpaired) electrons. The van der Waals surface area contributed by atoms with E-state index in [1.54, 1.807) is 7.11 Å². The van der Waals surface area contributed by atoms with Crippen LogP contribution >= 0.6 is 50.5 Å². The van der Waals surface area contributed by atoms with Gasteiger partial charge in [0.05, 0.1) is 22.1 Å². The van der Waals surface area contributed by atoms with Crippen LogP contribution in [0.25, 0.3) is 21.9 Å². The number of ether oxygens (including phenoxy) is 1. The van der Waals surface area contributed by atoms with Gasteiger partial charge in [0.15, 0.2) is 5.82 Å². The van der Waals surface area contributed by atoms with Crippen molar-refractivity contribution in [1.82, 2.24) is 19.3 Å². The zero-order valence-corrected chi connectivity index (χ0v) is 22.9. The van der Waals surface area contributed by atoms with Crippen molar-refractivity contribution < 1.29 is 13.2 Å². The molecule has 0 spiro atoms. The maximum atomic E-state index is 12.7. The minimum Gasteiger partial charge on any atom is -0.384 e. The van der Waals surface area contributed by atoms with E-state index in [2.05, 4.69) is 30.2 Å². The van der Waals surface area contributed by atoms with Gasteiger partial charge in [0.25, 0.3) is 0 Å². The number of sulfonamides is 1. The number of nitrogens with two attached hydrogens (primary N) is 1. The van der Waals surface area contributed by atoms with E-state index in [1.807, 2.05) is 24.3 Å². The highest BCUT2D eigenvalue weighted by molar-refractivity contribution is 9.10. The van der Waals surface area contributed by atoms with Crippen LogP contribution in [-0.4, -0.2) is 43.2 Å². The van der Waals surface area contributed by atoms with Crippen molar-refractivity contribution in [3.63, 3.8) is 0 Å². The highest BCUT2D eigenvalue weighted by Gasteiger charge is 2.26. The predicted molar refractivity (Wildman–Crippen MR) is 141 cm³/mol. The fraction of sp³-hybridized carbons (Fsp3) is 0.333. The van der Waals surface area contributed by atoms with Gasteiger partial charge in [-0.1, -0.05) is 41.4 Å². The first kappa shape index (κ1) is 25.6. The molecule has 3 aromatic heterocycles. The lowest BCUT2D eigenvalue weighted by atomic mass is 10.2. The molecule has 1 aromatic carbocycles. The predicted octanol–water partition coefficient (Wildman–Crippen LogP) is 5.25. The van der Waals surface area contributed by atoms with Gasteiger partial charge in [0.1, 0.15) is 24.9 Å². The average Bonchev–Trinajstić information content (AvgIpc) is 3.29. The number of unbranched alkanes of at least 4 members (excludes halogenated alkanes) is 1. The number of anilines is 1. The number of nitrogen functional groups attached to an aromatic ring is 1. The molecule has 8 nitrogen and oxygen atoms in total. The normalized spacial score (nSPS) is 12.2. The second-order valence-electron chi connectivity index (χ2n) is 7.53. The number of rotatable bonds is 10. The summed E-state index contributed by atoms with van der Waals surface area (Å²) in [5.41, 5.74) is 8.62. The van der Waals surface area contributed by atoms with Gasteiger partial charge in [0, 0.05) is 32.0 Å². The Morgan fingerprint density at radius 3 is 2.68 bits per heavy atom. The Balaban J connectivity index is 1.53. The summed E-state index contributed by atoms with van der Waals surface area (Å²) < 4.78 is 36.1. The van der Waals surface area contributed by atoms with Gasteiger partial charge in [-0.25, -0.2) is 23.1 Å². The van der Waals surface area contributed by atoms with E-state index < -0.39 is 10.0 Å². The number of benzene rings is 1. The van der Waals surface area contributed by atoms with Crippen molar-refractivity contribution in [3.05, 3.63) is 43.2 Å². The van der Waals surface area contributed by atoms with Crippen LogP contribution in [0.2, 0.25) is 8.67 Å². The smallest absolute Gasteiger partial charge is 0.244 e.